The second-order valence-corrected chi connectivity index (χ2v) is 49.7. The lowest BCUT2D eigenvalue weighted by Crippen LogP contribution is -2.58. The number of hydrogen-bond donors (Lipinski definition) is 0. The second kappa shape index (κ2) is 49.4. The van der Waals surface area contributed by atoms with Crippen molar-refractivity contribution >= 4 is 5.69 Å². The Morgan fingerprint density at radius 3 is 1.05 bits per heavy atom. The molecule has 1 atom stereocenters. The Balaban J connectivity index is 0.000000345. The van der Waals surface area contributed by atoms with Gasteiger partial charge in [-0.3, -0.25) is 49.0 Å². The largest absolute Gasteiger partial charge is 0.497 e. The van der Waals surface area contributed by atoms with Crippen molar-refractivity contribution in [3.05, 3.63) is 23.8 Å². The summed E-state index contributed by atoms with van der Waals surface area (Å²) in [4.78, 5) is 29.9. The van der Waals surface area contributed by atoms with E-state index in [1.165, 1.54) is 199 Å². The van der Waals surface area contributed by atoms with Crippen LogP contribution in [0.4, 0.5) is 18.9 Å². The third-order valence-corrected chi connectivity index (χ3v) is 27.5. The van der Waals surface area contributed by atoms with E-state index in [0.717, 1.165) is 88.8 Å². The number of piperazine rings is 1. The number of methoxy groups -OCH3 is 1. The van der Waals surface area contributed by atoms with Gasteiger partial charge in [0.05, 0.1) is 20.3 Å². The highest BCUT2D eigenvalue weighted by atomic mass is 19.3. The summed E-state index contributed by atoms with van der Waals surface area (Å²) in [5.41, 5.74) is 6.72. The average Bonchev–Trinajstić information content (AvgIpc) is 1.72. The van der Waals surface area contributed by atoms with Crippen molar-refractivity contribution in [3.63, 3.8) is 0 Å². The molecular formula is C104H207F3N12O2. The normalized spacial score (nSPS) is 24.7. The molecule has 14 nitrogen and oxygen atoms in total. The molecule has 0 aromatic heterocycles. The van der Waals surface area contributed by atoms with Gasteiger partial charge in [0.15, 0.2) is 0 Å². The number of nitrogens with zero attached hydrogens (tertiary/aromatic N) is 12. The molecule has 1 aliphatic carbocycles. The van der Waals surface area contributed by atoms with Gasteiger partial charge >= 0.3 is 0 Å². The highest BCUT2D eigenvalue weighted by molar-refractivity contribution is 5.61. The number of likely N-dealkylation sites (tertiary alicyclic amines) is 7. The smallest absolute Gasteiger partial charge is 0.250 e. The predicted octanol–water partition coefficient (Wildman–Crippen LogP) is 23.6. The fourth-order valence-corrected chi connectivity index (χ4v) is 19.1. The molecule has 121 heavy (non-hydrogen) atoms. The summed E-state index contributed by atoms with van der Waals surface area (Å²) in [7, 11) is 3.91. The molecule has 1 saturated carbocycles. The van der Waals surface area contributed by atoms with E-state index in [0.29, 0.717) is 62.9 Å². The topological polar surface area (TPSA) is 57.3 Å². The molecule has 1 aromatic rings. The standard InChI is InChI=1S/C13H19NO.C10H19N.2C10H21N.C9H17F2N.C9H18FN.C9H20N2.2C9H19N.C8H17NO.C8H17N/c1-13(2,3)14-8-7-10-9-11(15-4)5-6-12(10)14;1-10(2,3)11-5-4-8-6-9(11)7-8;1-9(2,3)11-8-6-7-10(11,4)5;1-10(2,3)11-8-6-4-5-7-9-11;1-8(2,3)12-6-4-9(10,11)5-7-12;1-9(2,3)11-6-4-8(10)5-7-11;1-9(2,3)11-7-5-10(4)6-8-11;1-8-5-6-10(7-8)9(2,3)4;1-9(2,3)10-7-5-4-6-8-10;1-8(2,3)9-4-6-10-7-5-9;1-8(2,3)9-6-4-5-7-9/h5-6,9H,7-8H2,1-4H3;8-9H,4-7H2,1-3H3;6-8H2,1-5H3;4-9H2,1-3H3;4-7H2,1-3H3;8H,4-7H2,1-3H3;5-8H2,1-4H3;8H,5-7H2,1-4H3;4-8H2,1-3H3;4-7H2,1-3H3;4-7H2,1-3H3. The zero-order valence-electron chi connectivity index (χ0n) is 87.8. The van der Waals surface area contributed by atoms with Crippen LogP contribution in [0.1, 0.15) is 377 Å². The molecule has 12 heterocycles. The molecule has 11 saturated heterocycles. The average molecular weight is 1710 g/mol. The van der Waals surface area contributed by atoms with Crippen molar-refractivity contribution in [3.8, 4) is 5.75 Å². The molecule has 2 bridgehead atoms. The minimum absolute atomic E-state index is 0.0181. The maximum atomic E-state index is 12.7. The van der Waals surface area contributed by atoms with Crippen LogP contribution in [0.5, 0.6) is 5.75 Å². The summed E-state index contributed by atoms with van der Waals surface area (Å²) in [6, 6.07) is 7.31. The van der Waals surface area contributed by atoms with Gasteiger partial charge in [0, 0.05) is 170 Å². The summed E-state index contributed by atoms with van der Waals surface area (Å²) < 4.78 is 48.7. The van der Waals surface area contributed by atoms with E-state index in [1.807, 2.05) is 6.07 Å². The molecule has 0 radical (unpaired) electrons. The first-order valence-electron chi connectivity index (χ1n) is 49.4. The van der Waals surface area contributed by atoms with Crippen molar-refractivity contribution < 1.29 is 22.6 Å². The number of alkyl halides is 3. The summed E-state index contributed by atoms with van der Waals surface area (Å²) in [5, 5.41) is 0. The maximum absolute atomic E-state index is 12.7. The molecule has 13 aliphatic rings. The number of anilines is 1. The van der Waals surface area contributed by atoms with Crippen molar-refractivity contribution in [2.45, 2.75) is 462 Å². The van der Waals surface area contributed by atoms with Gasteiger partial charge in [0.1, 0.15) is 11.9 Å². The number of halogens is 3. The van der Waals surface area contributed by atoms with Gasteiger partial charge in [0.25, 0.3) is 5.92 Å². The highest BCUT2D eigenvalue weighted by Crippen LogP contribution is 2.43. The van der Waals surface area contributed by atoms with Crippen molar-refractivity contribution in [2.75, 3.05) is 170 Å². The molecule has 12 aliphatic heterocycles. The SMILES string of the molecule is CC(C)(C)N1CCC(F)(F)CC1.CC(C)(C)N1CCC(F)CC1.CC(C)(C)N1CCC2CC1C2.CC(C)(C)N1CCCC1.CC(C)(C)N1CCCC1(C)C.CC(C)(C)N1CCCCC1.CC(C)(C)N1CCCCCC1.CC(C)(C)N1CCOCC1.CC1CCN(C(C)(C)C)C1.CN1CCN(C(C)(C)C)CC1.COc1ccc2c(c1)CCN2C(C)(C)C. The number of morpholine rings is 1. The number of hydrogen-bond acceptors (Lipinski definition) is 14. The molecule has 0 spiro atoms. The third kappa shape index (κ3) is 43.6. The van der Waals surface area contributed by atoms with Crippen LogP contribution in [0, 0.1) is 11.8 Å². The predicted molar refractivity (Wildman–Crippen MR) is 524 cm³/mol. The zero-order chi connectivity index (χ0) is 92.4. The molecule has 12 fully saturated rings. The molecular weight excluding hydrogens is 1510 g/mol. The quantitative estimate of drug-likeness (QED) is 0.268. The van der Waals surface area contributed by atoms with E-state index >= 15 is 0 Å². The number of ether oxygens (including phenoxy) is 2. The molecule has 716 valence electrons. The Morgan fingerprint density at radius 1 is 0.372 bits per heavy atom. The van der Waals surface area contributed by atoms with E-state index in [2.05, 4.69) is 327 Å². The summed E-state index contributed by atoms with van der Waals surface area (Å²) in [5.74, 6) is 0.559. The number of benzene rings is 1. The van der Waals surface area contributed by atoms with Crippen molar-refractivity contribution in [1.29, 1.82) is 0 Å². The molecule has 1 unspecified atom stereocenters. The van der Waals surface area contributed by atoms with E-state index < -0.39 is 12.1 Å². The molecule has 17 heteroatoms. The van der Waals surface area contributed by atoms with Gasteiger partial charge < -0.3 is 19.3 Å². The van der Waals surface area contributed by atoms with Gasteiger partial charge in [-0.15, -0.1) is 0 Å². The number of rotatable bonds is 1. The lowest BCUT2D eigenvalue weighted by molar-refractivity contribution is -0.0713. The molecule has 14 rings (SSSR count). The number of fused-ring (bicyclic) bond motifs is 3. The van der Waals surface area contributed by atoms with Crippen LogP contribution >= 0.6 is 0 Å². The Hall–Kier alpha value is -1.87. The maximum Gasteiger partial charge on any atom is 0.250 e. The third-order valence-electron chi connectivity index (χ3n) is 27.5. The number of piperidine rings is 5. The molecule has 0 amide bonds. The van der Waals surface area contributed by atoms with Crippen LogP contribution in [0.3, 0.4) is 0 Å². The van der Waals surface area contributed by atoms with Crippen LogP contribution < -0.4 is 9.64 Å². The lowest BCUT2D eigenvalue weighted by atomic mass is 9.72. The molecule has 0 N–H and O–H groups in total. The second-order valence-electron chi connectivity index (χ2n) is 49.7. The van der Waals surface area contributed by atoms with Crippen LogP contribution in [-0.4, -0.2) is 303 Å². The number of likely N-dealkylation sites (N-methyl/N-ethyl adjacent to an activating group) is 1. The first-order valence-corrected chi connectivity index (χ1v) is 49.4. The lowest BCUT2D eigenvalue weighted by Gasteiger charge is -2.54. The van der Waals surface area contributed by atoms with Crippen LogP contribution in [0.2, 0.25) is 0 Å². The minimum Gasteiger partial charge on any atom is -0.497 e. The van der Waals surface area contributed by atoms with Crippen molar-refractivity contribution in [1.82, 2.24) is 53.9 Å². The summed E-state index contributed by atoms with van der Waals surface area (Å²) in [6.45, 7) is 108. The van der Waals surface area contributed by atoms with Crippen molar-refractivity contribution in [2.24, 2.45) is 11.8 Å². The van der Waals surface area contributed by atoms with Gasteiger partial charge in [-0.1, -0.05) is 26.2 Å². The Bertz CT molecular complexity index is 2790. The molecule has 1 aromatic carbocycles. The fraction of sp³-hybridized carbons (Fsp3) is 0.942. The monoisotopic (exact) mass is 1710 g/mol. The van der Waals surface area contributed by atoms with E-state index in [-0.39, 0.29) is 29.5 Å². The summed E-state index contributed by atoms with van der Waals surface area (Å²) in [6.07, 6.45) is 23.3. The Kier molecular flexibility index (Phi) is 46.3. The van der Waals surface area contributed by atoms with Crippen LogP contribution in [0.25, 0.3) is 0 Å². The highest BCUT2D eigenvalue weighted by Gasteiger charge is 2.44. The van der Waals surface area contributed by atoms with Crippen LogP contribution in [0.15, 0.2) is 18.2 Å². The van der Waals surface area contributed by atoms with E-state index in [4.69, 9.17) is 9.47 Å². The van der Waals surface area contributed by atoms with E-state index in [1.54, 1.807) is 7.11 Å². The fourth-order valence-electron chi connectivity index (χ4n) is 19.1. The first kappa shape index (κ1) is 113. The first-order chi connectivity index (χ1) is 55.2. The Labute approximate surface area is 751 Å². The van der Waals surface area contributed by atoms with E-state index in [9.17, 15) is 13.2 Å². The zero-order valence-corrected chi connectivity index (χ0v) is 87.8. The van der Waals surface area contributed by atoms with Gasteiger partial charge in [-0.2, -0.15) is 0 Å². The Morgan fingerprint density at radius 2 is 0.744 bits per heavy atom. The van der Waals surface area contributed by atoms with Crippen LogP contribution in [-0.2, 0) is 11.2 Å². The summed E-state index contributed by atoms with van der Waals surface area (Å²) >= 11 is 0. The van der Waals surface area contributed by atoms with Gasteiger partial charge in [0.2, 0.25) is 0 Å². The van der Waals surface area contributed by atoms with Gasteiger partial charge in [-0.25, -0.2) is 13.2 Å². The van der Waals surface area contributed by atoms with Gasteiger partial charge in [-0.05, 0) is 440 Å². The minimum atomic E-state index is -2.41.